The van der Waals surface area contributed by atoms with Gasteiger partial charge in [-0.15, -0.1) is 0 Å². The Labute approximate surface area is 145 Å². The van der Waals surface area contributed by atoms with Crippen molar-refractivity contribution >= 4 is 11.8 Å². The number of amides is 2. The van der Waals surface area contributed by atoms with Crippen molar-refractivity contribution in [3.8, 4) is 0 Å². The summed E-state index contributed by atoms with van der Waals surface area (Å²) in [5, 5.41) is 3.22. The number of hydrogen-bond donors (Lipinski definition) is 1. The Morgan fingerprint density at radius 1 is 0.958 bits per heavy atom. The Kier molecular flexibility index (Phi) is 5.76. The number of piperidine rings is 2. The lowest BCUT2D eigenvalue weighted by Gasteiger charge is -2.34. The molecule has 2 saturated heterocycles. The van der Waals surface area contributed by atoms with Gasteiger partial charge in [0, 0.05) is 45.2 Å². The number of rotatable bonds is 5. The summed E-state index contributed by atoms with van der Waals surface area (Å²) >= 11 is 0. The van der Waals surface area contributed by atoms with Crippen molar-refractivity contribution in [2.24, 2.45) is 5.92 Å². The highest BCUT2D eigenvalue weighted by atomic mass is 16.2. The van der Waals surface area contributed by atoms with Crippen LogP contribution in [0.1, 0.15) is 38.5 Å². The van der Waals surface area contributed by atoms with Crippen molar-refractivity contribution in [3.05, 3.63) is 0 Å². The second kappa shape index (κ2) is 7.83. The van der Waals surface area contributed by atoms with Crippen molar-refractivity contribution < 1.29 is 9.59 Å². The zero-order valence-electron chi connectivity index (χ0n) is 15.2. The van der Waals surface area contributed by atoms with Gasteiger partial charge >= 0.3 is 0 Å². The van der Waals surface area contributed by atoms with Crippen molar-refractivity contribution in [3.63, 3.8) is 0 Å². The van der Waals surface area contributed by atoms with E-state index in [-0.39, 0.29) is 17.7 Å². The van der Waals surface area contributed by atoms with Gasteiger partial charge in [0.15, 0.2) is 0 Å². The second-order valence-corrected chi connectivity index (χ2v) is 7.89. The summed E-state index contributed by atoms with van der Waals surface area (Å²) in [4.78, 5) is 30.7. The summed E-state index contributed by atoms with van der Waals surface area (Å²) in [5.74, 6) is 0.504. The van der Waals surface area contributed by atoms with Crippen LogP contribution in [0.5, 0.6) is 0 Å². The van der Waals surface area contributed by atoms with E-state index in [4.69, 9.17) is 0 Å². The molecule has 24 heavy (non-hydrogen) atoms. The molecular weight excluding hydrogens is 304 g/mol. The van der Waals surface area contributed by atoms with Crippen LogP contribution in [0.2, 0.25) is 0 Å². The summed E-state index contributed by atoms with van der Waals surface area (Å²) in [6, 6.07) is 1.19. The number of nitrogens with one attached hydrogen (secondary N) is 1. The van der Waals surface area contributed by atoms with Gasteiger partial charge in [-0.2, -0.15) is 0 Å². The highest BCUT2D eigenvalue weighted by Crippen LogP contribution is 2.29. The molecule has 0 aromatic carbocycles. The lowest BCUT2D eigenvalue weighted by Crippen LogP contribution is -2.49. The molecule has 2 aliphatic heterocycles. The van der Waals surface area contributed by atoms with Crippen LogP contribution in [-0.4, -0.2) is 85.4 Å². The van der Waals surface area contributed by atoms with Gasteiger partial charge in [-0.1, -0.05) is 0 Å². The van der Waals surface area contributed by atoms with Gasteiger partial charge in [0.2, 0.25) is 11.8 Å². The lowest BCUT2D eigenvalue weighted by atomic mass is 9.95. The number of carbonyl (C=O) groups is 2. The van der Waals surface area contributed by atoms with Crippen molar-refractivity contribution in [2.45, 2.75) is 50.6 Å². The SMILES string of the molecule is CN(C)C(=O)C1CCN(CC(=O)NC2CCN(C3CC3)CC2)CC1. The van der Waals surface area contributed by atoms with E-state index in [9.17, 15) is 9.59 Å². The molecule has 3 aliphatic rings. The smallest absolute Gasteiger partial charge is 0.234 e. The molecule has 2 heterocycles. The third kappa shape index (κ3) is 4.70. The Balaban J connectivity index is 1.33. The molecule has 0 spiro atoms. The highest BCUT2D eigenvalue weighted by molar-refractivity contribution is 5.79. The van der Waals surface area contributed by atoms with Crippen molar-refractivity contribution in [1.29, 1.82) is 0 Å². The van der Waals surface area contributed by atoms with Crippen molar-refractivity contribution in [2.75, 3.05) is 46.8 Å². The van der Waals surface area contributed by atoms with Crippen LogP contribution in [0.25, 0.3) is 0 Å². The van der Waals surface area contributed by atoms with E-state index in [0.717, 1.165) is 57.9 Å². The monoisotopic (exact) mass is 336 g/mol. The van der Waals surface area contributed by atoms with Crippen molar-refractivity contribution in [1.82, 2.24) is 20.0 Å². The lowest BCUT2D eigenvalue weighted by molar-refractivity contribution is -0.134. The van der Waals surface area contributed by atoms with E-state index in [0.29, 0.717) is 12.6 Å². The van der Waals surface area contributed by atoms with Crippen LogP contribution >= 0.6 is 0 Å². The average molecular weight is 336 g/mol. The maximum Gasteiger partial charge on any atom is 0.234 e. The minimum absolute atomic E-state index is 0.131. The molecule has 0 radical (unpaired) electrons. The van der Waals surface area contributed by atoms with E-state index in [2.05, 4.69) is 15.1 Å². The molecular formula is C18H32N4O2. The van der Waals surface area contributed by atoms with E-state index < -0.39 is 0 Å². The van der Waals surface area contributed by atoms with Gasteiger partial charge in [-0.3, -0.25) is 14.5 Å². The first-order valence-corrected chi connectivity index (χ1v) is 9.50. The van der Waals surface area contributed by atoms with Gasteiger partial charge in [-0.05, 0) is 51.6 Å². The molecule has 6 nitrogen and oxygen atoms in total. The van der Waals surface area contributed by atoms with Gasteiger partial charge in [-0.25, -0.2) is 0 Å². The minimum atomic E-state index is 0.131. The number of likely N-dealkylation sites (tertiary alicyclic amines) is 2. The molecule has 1 saturated carbocycles. The van der Waals surface area contributed by atoms with Crippen LogP contribution in [0.15, 0.2) is 0 Å². The summed E-state index contributed by atoms with van der Waals surface area (Å²) in [6.07, 6.45) is 6.63. The van der Waals surface area contributed by atoms with Crippen LogP contribution in [0, 0.1) is 5.92 Å². The Hall–Kier alpha value is -1.14. The van der Waals surface area contributed by atoms with Crippen LogP contribution in [0.4, 0.5) is 0 Å². The molecule has 0 aromatic heterocycles. The first kappa shape index (κ1) is 17.7. The molecule has 136 valence electrons. The molecule has 6 heteroatoms. The summed E-state index contributed by atoms with van der Waals surface area (Å²) in [5.41, 5.74) is 0. The van der Waals surface area contributed by atoms with E-state index in [1.54, 1.807) is 4.90 Å². The molecule has 0 atom stereocenters. The first-order chi connectivity index (χ1) is 11.5. The topological polar surface area (TPSA) is 55.9 Å². The van der Waals surface area contributed by atoms with Gasteiger partial charge in [0.1, 0.15) is 0 Å². The fraction of sp³-hybridized carbons (Fsp3) is 0.889. The third-order valence-electron chi connectivity index (χ3n) is 5.70. The quantitative estimate of drug-likeness (QED) is 0.796. The molecule has 3 fully saturated rings. The Morgan fingerprint density at radius 3 is 2.12 bits per heavy atom. The third-order valence-corrected chi connectivity index (χ3v) is 5.70. The summed E-state index contributed by atoms with van der Waals surface area (Å²) < 4.78 is 0. The first-order valence-electron chi connectivity index (χ1n) is 9.50. The van der Waals surface area contributed by atoms with Crippen LogP contribution in [-0.2, 0) is 9.59 Å². The van der Waals surface area contributed by atoms with Gasteiger partial charge in [0.05, 0.1) is 6.54 Å². The molecule has 0 unspecified atom stereocenters. The average Bonchev–Trinajstić information content (AvgIpc) is 3.40. The predicted octanol–water partition coefficient (Wildman–Crippen LogP) is 0.530. The summed E-state index contributed by atoms with van der Waals surface area (Å²) in [6.45, 7) is 4.43. The molecule has 1 N–H and O–H groups in total. The number of carbonyl (C=O) groups excluding carboxylic acids is 2. The fourth-order valence-electron chi connectivity index (χ4n) is 4.03. The zero-order valence-corrected chi connectivity index (χ0v) is 15.2. The Morgan fingerprint density at radius 2 is 1.58 bits per heavy atom. The largest absolute Gasteiger partial charge is 0.352 e. The van der Waals surface area contributed by atoms with Gasteiger partial charge < -0.3 is 15.1 Å². The van der Waals surface area contributed by atoms with Crippen LogP contribution in [0.3, 0.4) is 0 Å². The molecule has 1 aliphatic carbocycles. The fourth-order valence-corrected chi connectivity index (χ4v) is 4.03. The molecule has 2 amide bonds. The maximum absolute atomic E-state index is 12.3. The Bertz CT molecular complexity index is 448. The predicted molar refractivity (Wildman–Crippen MR) is 93.6 cm³/mol. The number of hydrogen-bond acceptors (Lipinski definition) is 4. The minimum Gasteiger partial charge on any atom is -0.352 e. The standard InChI is InChI=1S/C18H32N4O2/c1-20(2)18(24)14-5-9-21(10-6-14)13-17(23)19-15-7-11-22(12-8-15)16-3-4-16/h14-16H,3-13H2,1-2H3,(H,19,23). The van der Waals surface area contributed by atoms with Crippen LogP contribution < -0.4 is 5.32 Å². The zero-order chi connectivity index (χ0) is 17.1. The number of nitrogens with zero attached hydrogens (tertiary/aromatic N) is 3. The molecule has 0 bridgehead atoms. The van der Waals surface area contributed by atoms with E-state index >= 15 is 0 Å². The highest BCUT2D eigenvalue weighted by Gasteiger charge is 2.32. The second-order valence-electron chi connectivity index (χ2n) is 7.89. The van der Waals surface area contributed by atoms with E-state index in [1.807, 2.05) is 14.1 Å². The maximum atomic E-state index is 12.3. The normalized spacial score (nSPS) is 24.8. The molecule has 0 aromatic rings. The van der Waals surface area contributed by atoms with E-state index in [1.165, 1.54) is 12.8 Å². The summed E-state index contributed by atoms with van der Waals surface area (Å²) in [7, 11) is 3.63. The molecule has 3 rings (SSSR count). The van der Waals surface area contributed by atoms with Gasteiger partial charge in [0.25, 0.3) is 0 Å².